The summed E-state index contributed by atoms with van der Waals surface area (Å²) in [7, 11) is 1.54. The highest BCUT2D eigenvalue weighted by atomic mass is 16.6. The first-order valence-corrected chi connectivity index (χ1v) is 6.62. The number of nitrogens with one attached hydrogen (secondary N) is 2. The second-order valence-corrected chi connectivity index (χ2v) is 4.61. The maximum absolute atomic E-state index is 12.2. The van der Waals surface area contributed by atoms with Crippen LogP contribution in [0.2, 0.25) is 0 Å². The number of ether oxygens (including phenoxy) is 2. The Bertz CT molecular complexity index is 554. The molecule has 2 N–H and O–H groups in total. The highest BCUT2D eigenvalue weighted by Crippen LogP contribution is 2.27. The van der Waals surface area contributed by atoms with Crippen molar-refractivity contribution in [1.29, 1.82) is 0 Å². The van der Waals surface area contributed by atoms with Crippen molar-refractivity contribution in [2.75, 3.05) is 20.3 Å². The van der Waals surface area contributed by atoms with Gasteiger partial charge in [-0.15, -0.1) is 0 Å². The van der Waals surface area contributed by atoms with Gasteiger partial charge in [0.2, 0.25) is 0 Å². The number of amides is 2. The van der Waals surface area contributed by atoms with Crippen LogP contribution in [0.3, 0.4) is 0 Å². The average Bonchev–Trinajstić information content (AvgIpc) is 2.47. The predicted molar refractivity (Wildman–Crippen MR) is 76.4 cm³/mol. The molecule has 6 heteroatoms. The lowest BCUT2D eigenvalue weighted by Crippen LogP contribution is -2.45. The number of hydrogen-bond donors (Lipinski definition) is 2. The van der Waals surface area contributed by atoms with E-state index >= 15 is 0 Å². The third-order valence-corrected chi connectivity index (χ3v) is 3.14. The summed E-state index contributed by atoms with van der Waals surface area (Å²) in [4.78, 5) is 23.9. The Morgan fingerprint density at radius 3 is 2.62 bits per heavy atom. The van der Waals surface area contributed by atoms with E-state index in [1.54, 1.807) is 6.92 Å². The number of urea groups is 1. The molecule has 0 fully saturated rings. The van der Waals surface area contributed by atoms with E-state index in [0.29, 0.717) is 17.9 Å². The van der Waals surface area contributed by atoms with Crippen LogP contribution in [-0.4, -0.2) is 32.3 Å². The number of benzene rings is 1. The number of methoxy groups -OCH3 is 1. The zero-order valence-corrected chi connectivity index (χ0v) is 12.0. The van der Waals surface area contributed by atoms with E-state index in [1.807, 2.05) is 30.3 Å². The number of esters is 1. The van der Waals surface area contributed by atoms with Gasteiger partial charge in [-0.3, -0.25) is 0 Å². The van der Waals surface area contributed by atoms with E-state index in [2.05, 4.69) is 10.6 Å². The van der Waals surface area contributed by atoms with Crippen molar-refractivity contribution >= 4 is 12.0 Å². The van der Waals surface area contributed by atoms with Crippen molar-refractivity contribution < 1.29 is 19.1 Å². The molecule has 0 spiro atoms. The first kappa shape index (κ1) is 15.1. The van der Waals surface area contributed by atoms with Crippen molar-refractivity contribution in [2.45, 2.75) is 13.0 Å². The Morgan fingerprint density at radius 2 is 1.95 bits per heavy atom. The van der Waals surface area contributed by atoms with E-state index < -0.39 is 12.0 Å². The summed E-state index contributed by atoms with van der Waals surface area (Å²) >= 11 is 0. The van der Waals surface area contributed by atoms with E-state index in [0.717, 1.165) is 5.56 Å². The molecule has 1 heterocycles. The summed E-state index contributed by atoms with van der Waals surface area (Å²) in [5, 5.41) is 5.34. The van der Waals surface area contributed by atoms with Crippen LogP contribution in [0.4, 0.5) is 4.79 Å². The van der Waals surface area contributed by atoms with Crippen molar-refractivity contribution in [2.24, 2.45) is 0 Å². The van der Waals surface area contributed by atoms with Crippen LogP contribution in [0.5, 0.6) is 0 Å². The van der Waals surface area contributed by atoms with Gasteiger partial charge in [0.25, 0.3) is 0 Å². The zero-order valence-electron chi connectivity index (χ0n) is 12.0. The second-order valence-electron chi connectivity index (χ2n) is 4.61. The quantitative estimate of drug-likeness (QED) is 0.636. The van der Waals surface area contributed by atoms with Crippen LogP contribution in [0.25, 0.3) is 0 Å². The molecule has 1 aliphatic rings. The van der Waals surface area contributed by atoms with Crippen LogP contribution < -0.4 is 10.6 Å². The van der Waals surface area contributed by atoms with Gasteiger partial charge in [0, 0.05) is 12.8 Å². The van der Waals surface area contributed by atoms with Gasteiger partial charge in [0.1, 0.15) is 6.61 Å². The first-order chi connectivity index (χ1) is 10.1. The van der Waals surface area contributed by atoms with E-state index in [-0.39, 0.29) is 12.6 Å². The van der Waals surface area contributed by atoms with Crippen LogP contribution in [-0.2, 0) is 14.3 Å². The first-order valence-electron chi connectivity index (χ1n) is 6.62. The molecule has 0 aliphatic carbocycles. The Hall–Kier alpha value is -2.34. The van der Waals surface area contributed by atoms with Gasteiger partial charge < -0.3 is 20.1 Å². The largest absolute Gasteiger partial charge is 0.460 e. The van der Waals surface area contributed by atoms with Crippen LogP contribution in [0.15, 0.2) is 41.6 Å². The van der Waals surface area contributed by atoms with Gasteiger partial charge in [0.15, 0.2) is 0 Å². The molecule has 1 aliphatic heterocycles. The SMILES string of the molecule is COCCOC(=O)C1=C(C)NC(=O)N[C@H]1c1ccccc1. The van der Waals surface area contributed by atoms with Crippen LogP contribution in [0.1, 0.15) is 18.5 Å². The molecule has 0 bridgehead atoms. The summed E-state index contributed by atoms with van der Waals surface area (Å²) < 4.78 is 10.0. The molecule has 0 aromatic heterocycles. The van der Waals surface area contributed by atoms with Crippen molar-refractivity contribution in [3.63, 3.8) is 0 Å². The number of rotatable bonds is 5. The molecule has 0 radical (unpaired) electrons. The monoisotopic (exact) mass is 290 g/mol. The molecule has 6 nitrogen and oxygen atoms in total. The second kappa shape index (κ2) is 6.90. The maximum Gasteiger partial charge on any atom is 0.338 e. The summed E-state index contributed by atoms with van der Waals surface area (Å²) in [6.45, 7) is 2.18. The summed E-state index contributed by atoms with van der Waals surface area (Å²) in [5.74, 6) is -0.467. The summed E-state index contributed by atoms with van der Waals surface area (Å²) in [6.07, 6.45) is 0. The lowest BCUT2D eigenvalue weighted by molar-refractivity contribution is -0.140. The molecule has 21 heavy (non-hydrogen) atoms. The fourth-order valence-electron chi connectivity index (χ4n) is 2.16. The van der Waals surface area contributed by atoms with Crippen LogP contribution in [0, 0.1) is 0 Å². The number of carbonyl (C=O) groups excluding carboxylic acids is 2. The number of allylic oxidation sites excluding steroid dienone is 1. The summed E-state index contributed by atoms with van der Waals surface area (Å²) in [5.41, 5.74) is 1.72. The van der Waals surface area contributed by atoms with Gasteiger partial charge in [-0.2, -0.15) is 0 Å². The van der Waals surface area contributed by atoms with Gasteiger partial charge in [-0.1, -0.05) is 30.3 Å². The lowest BCUT2D eigenvalue weighted by Gasteiger charge is -2.28. The standard InChI is InChI=1S/C15H18N2O4/c1-10-12(14(18)21-9-8-20-2)13(17-15(19)16-10)11-6-4-3-5-7-11/h3-7,13H,8-9H2,1-2H3,(H2,16,17,19)/t13-/m0/s1. The Labute approximate surface area is 123 Å². The third kappa shape index (κ3) is 3.61. The smallest absolute Gasteiger partial charge is 0.338 e. The molecule has 1 aromatic rings. The molecular formula is C15H18N2O4. The molecule has 1 atom stereocenters. The topological polar surface area (TPSA) is 76.7 Å². The summed E-state index contributed by atoms with van der Waals surface area (Å²) in [6, 6.07) is 8.43. The van der Waals surface area contributed by atoms with Crippen LogP contribution >= 0.6 is 0 Å². The van der Waals surface area contributed by atoms with E-state index in [4.69, 9.17) is 9.47 Å². The van der Waals surface area contributed by atoms with Gasteiger partial charge in [-0.05, 0) is 12.5 Å². The van der Waals surface area contributed by atoms with E-state index in [9.17, 15) is 9.59 Å². The molecule has 1 aromatic carbocycles. The minimum absolute atomic E-state index is 0.168. The molecule has 2 amide bonds. The Balaban J connectivity index is 2.26. The fourth-order valence-corrected chi connectivity index (χ4v) is 2.16. The Kier molecular flexibility index (Phi) is 4.94. The maximum atomic E-state index is 12.2. The number of hydrogen-bond acceptors (Lipinski definition) is 4. The average molecular weight is 290 g/mol. The van der Waals surface area contributed by atoms with Crippen molar-refractivity contribution in [3.8, 4) is 0 Å². The Morgan fingerprint density at radius 1 is 1.24 bits per heavy atom. The minimum Gasteiger partial charge on any atom is -0.460 e. The molecule has 0 saturated heterocycles. The fraction of sp³-hybridized carbons (Fsp3) is 0.333. The van der Waals surface area contributed by atoms with Gasteiger partial charge in [-0.25, -0.2) is 9.59 Å². The highest BCUT2D eigenvalue weighted by Gasteiger charge is 2.31. The highest BCUT2D eigenvalue weighted by molar-refractivity contribution is 5.95. The normalized spacial score (nSPS) is 18.0. The molecule has 112 valence electrons. The molecule has 0 saturated carbocycles. The predicted octanol–water partition coefficient (Wildman–Crippen LogP) is 1.50. The van der Waals surface area contributed by atoms with Crippen molar-refractivity contribution in [1.82, 2.24) is 10.6 Å². The molecular weight excluding hydrogens is 272 g/mol. The third-order valence-electron chi connectivity index (χ3n) is 3.14. The lowest BCUT2D eigenvalue weighted by atomic mass is 9.96. The molecule has 2 rings (SSSR count). The zero-order chi connectivity index (χ0) is 15.2. The minimum atomic E-state index is -0.519. The molecule has 0 unspecified atom stereocenters. The van der Waals surface area contributed by atoms with Crippen molar-refractivity contribution in [3.05, 3.63) is 47.2 Å². The van der Waals surface area contributed by atoms with Gasteiger partial charge in [0.05, 0.1) is 18.2 Å². The van der Waals surface area contributed by atoms with E-state index in [1.165, 1.54) is 7.11 Å². The van der Waals surface area contributed by atoms with Gasteiger partial charge >= 0.3 is 12.0 Å². The number of carbonyl (C=O) groups is 2.